The lowest BCUT2D eigenvalue weighted by atomic mass is 10.1. The zero-order chi connectivity index (χ0) is 20.9. The number of ether oxygens (including phenoxy) is 1. The molecule has 0 radical (unpaired) electrons. The zero-order valence-electron chi connectivity index (χ0n) is 16.3. The average molecular weight is 434 g/mol. The Morgan fingerprint density at radius 3 is 2.72 bits per heavy atom. The van der Waals surface area contributed by atoms with Gasteiger partial charge in [0.1, 0.15) is 12.4 Å². The van der Waals surface area contributed by atoms with E-state index >= 15 is 0 Å². The van der Waals surface area contributed by atoms with Gasteiger partial charge in [-0.3, -0.25) is 0 Å². The van der Waals surface area contributed by atoms with Crippen LogP contribution in [0.25, 0.3) is 0 Å². The lowest BCUT2D eigenvalue weighted by Crippen LogP contribution is -2.53. The molecule has 1 saturated heterocycles. The number of halogens is 1. The molecule has 1 atom stereocenters. The number of piperazine rings is 1. The van der Waals surface area contributed by atoms with Crippen LogP contribution in [0.3, 0.4) is 0 Å². The van der Waals surface area contributed by atoms with E-state index in [-0.39, 0.29) is 10.9 Å². The Bertz CT molecular complexity index is 987. The molecule has 0 spiro atoms. The van der Waals surface area contributed by atoms with Gasteiger partial charge in [-0.2, -0.15) is 5.26 Å². The van der Waals surface area contributed by atoms with Crippen LogP contribution in [-0.2, 0) is 16.3 Å². The minimum atomic E-state index is -3.20. The number of nitrogens with zero attached hydrogens (tertiary/aromatic N) is 2. The van der Waals surface area contributed by atoms with Crippen molar-refractivity contribution in [1.82, 2.24) is 10.2 Å². The zero-order valence-corrected chi connectivity index (χ0v) is 17.8. The molecule has 1 aliphatic heterocycles. The van der Waals surface area contributed by atoms with Gasteiger partial charge < -0.3 is 15.0 Å². The summed E-state index contributed by atoms with van der Waals surface area (Å²) in [6.07, 6.45) is 2.02. The molecule has 6 nitrogen and oxygen atoms in total. The minimum Gasteiger partial charge on any atom is -0.492 e. The number of sulfone groups is 1. The summed E-state index contributed by atoms with van der Waals surface area (Å²) >= 11 is 6.08. The molecule has 1 aliphatic rings. The number of nitriles is 1. The second kappa shape index (κ2) is 9.59. The Kier molecular flexibility index (Phi) is 7.14. The number of benzene rings is 2. The van der Waals surface area contributed by atoms with E-state index in [9.17, 15) is 8.42 Å². The molecule has 0 aromatic heterocycles. The van der Waals surface area contributed by atoms with Crippen LogP contribution in [0.15, 0.2) is 47.4 Å². The molecule has 2 aromatic carbocycles. The lowest BCUT2D eigenvalue weighted by molar-refractivity contribution is 0.159. The third-order valence-electron chi connectivity index (χ3n) is 4.85. The third-order valence-corrected chi connectivity index (χ3v) is 6.19. The van der Waals surface area contributed by atoms with E-state index in [2.05, 4.69) is 16.3 Å². The van der Waals surface area contributed by atoms with E-state index in [4.69, 9.17) is 21.6 Å². The fraction of sp³-hybridized carbons (Fsp3) is 0.381. The van der Waals surface area contributed by atoms with Crippen molar-refractivity contribution in [3.05, 3.63) is 58.6 Å². The molecule has 0 aliphatic carbocycles. The van der Waals surface area contributed by atoms with Gasteiger partial charge in [0.05, 0.1) is 22.6 Å². The quantitative estimate of drug-likeness (QED) is 0.722. The predicted octanol–water partition coefficient (Wildman–Crippen LogP) is 2.51. The molecule has 8 heteroatoms. The highest BCUT2D eigenvalue weighted by Crippen LogP contribution is 2.17. The summed E-state index contributed by atoms with van der Waals surface area (Å²) in [5.41, 5.74) is 1.65. The summed E-state index contributed by atoms with van der Waals surface area (Å²) in [6, 6.07) is 14.3. The molecule has 29 heavy (non-hydrogen) atoms. The molecular weight excluding hydrogens is 410 g/mol. The maximum atomic E-state index is 11.5. The third kappa shape index (κ3) is 6.44. The molecule has 154 valence electrons. The largest absolute Gasteiger partial charge is 0.492 e. The molecular formula is C21H24ClN3O3S. The van der Waals surface area contributed by atoms with Crippen LogP contribution in [0.4, 0.5) is 0 Å². The topological polar surface area (TPSA) is 82.4 Å². The Hall–Kier alpha value is -2.11. The minimum absolute atomic E-state index is 0.187. The molecule has 1 N–H and O–H groups in total. The fourth-order valence-electron chi connectivity index (χ4n) is 3.34. The summed E-state index contributed by atoms with van der Waals surface area (Å²) in [4.78, 5) is 2.65. The van der Waals surface area contributed by atoms with Gasteiger partial charge in [0, 0.05) is 37.5 Å². The van der Waals surface area contributed by atoms with Gasteiger partial charge in [-0.1, -0.05) is 11.6 Å². The standard InChI is InChI=1S/C21H24ClN3O3S/c1-29(26,27)21-4-2-20(3-5-21)28-15-19-14-25(9-7-24-19)8-6-16-10-17(13-23)12-18(22)11-16/h2-5,10-12,19,24H,6-9,14-15H2,1H3. The molecule has 2 aromatic rings. The van der Waals surface area contributed by atoms with Gasteiger partial charge in [-0.05, 0) is 54.4 Å². The Balaban J connectivity index is 1.49. The fourth-order valence-corrected chi connectivity index (χ4v) is 4.22. The smallest absolute Gasteiger partial charge is 0.175 e. The van der Waals surface area contributed by atoms with Crippen LogP contribution in [0.1, 0.15) is 11.1 Å². The molecule has 1 fully saturated rings. The van der Waals surface area contributed by atoms with E-state index in [0.717, 1.165) is 38.2 Å². The molecule has 1 unspecified atom stereocenters. The van der Waals surface area contributed by atoms with Crippen LogP contribution in [0.2, 0.25) is 5.02 Å². The highest BCUT2D eigenvalue weighted by atomic mass is 35.5. The normalized spacial score (nSPS) is 17.6. The molecule has 1 heterocycles. The highest BCUT2D eigenvalue weighted by molar-refractivity contribution is 7.90. The Morgan fingerprint density at radius 1 is 1.28 bits per heavy atom. The summed E-state index contributed by atoms with van der Waals surface area (Å²) < 4.78 is 28.9. The number of rotatable bonds is 7. The number of hydrogen-bond acceptors (Lipinski definition) is 6. The first kappa shape index (κ1) is 21.6. The first-order chi connectivity index (χ1) is 13.8. The molecule has 3 rings (SSSR count). The average Bonchev–Trinajstić information content (AvgIpc) is 2.70. The summed E-state index contributed by atoms with van der Waals surface area (Å²) in [5, 5.41) is 13.1. The first-order valence-electron chi connectivity index (χ1n) is 9.42. The van der Waals surface area contributed by atoms with Gasteiger partial charge in [0.15, 0.2) is 9.84 Å². The van der Waals surface area contributed by atoms with E-state index in [1.165, 1.54) is 6.26 Å². The van der Waals surface area contributed by atoms with Crippen LogP contribution >= 0.6 is 11.6 Å². The van der Waals surface area contributed by atoms with Crippen molar-refractivity contribution in [3.8, 4) is 11.8 Å². The van der Waals surface area contributed by atoms with Gasteiger partial charge in [0.25, 0.3) is 0 Å². The van der Waals surface area contributed by atoms with Crippen LogP contribution < -0.4 is 10.1 Å². The van der Waals surface area contributed by atoms with Crippen molar-refractivity contribution in [2.24, 2.45) is 0 Å². The lowest BCUT2D eigenvalue weighted by Gasteiger charge is -2.33. The number of nitrogens with one attached hydrogen (secondary N) is 1. The first-order valence-corrected chi connectivity index (χ1v) is 11.7. The van der Waals surface area contributed by atoms with Gasteiger partial charge in [-0.25, -0.2) is 8.42 Å². The summed E-state index contributed by atoms with van der Waals surface area (Å²) in [7, 11) is -3.20. The molecule has 0 amide bonds. The van der Waals surface area contributed by atoms with Crippen LogP contribution in [0.5, 0.6) is 5.75 Å². The van der Waals surface area contributed by atoms with Crippen molar-refractivity contribution in [1.29, 1.82) is 5.26 Å². The summed E-state index contributed by atoms with van der Waals surface area (Å²) in [6.45, 7) is 4.06. The summed E-state index contributed by atoms with van der Waals surface area (Å²) in [5.74, 6) is 0.652. The monoisotopic (exact) mass is 433 g/mol. The SMILES string of the molecule is CS(=O)(=O)c1ccc(OCC2CN(CCc3cc(Cl)cc(C#N)c3)CCN2)cc1. The Morgan fingerprint density at radius 2 is 2.03 bits per heavy atom. The van der Waals surface area contributed by atoms with E-state index < -0.39 is 9.84 Å². The predicted molar refractivity (Wildman–Crippen MR) is 113 cm³/mol. The van der Waals surface area contributed by atoms with Gasteiger partial charge in [0.2, 0.25) is 0 Å². The maximum Gasteiger partial charge on any atom is 0.175 e. The molecule has 0 saturated carbocycles. The van der Waals surface area contributed by atoms with Crippen molar-refractivity contribution >= 4 is 21.4 Å². The van der Waals surface area contributed by atoms with E-state index in [1.54, 1.807) is 30.3 Å². The van der Waals surface area contributed by atoms with E-state index in [0.29, 0.717) is 22.9 Å². The number of hydrogen-bond donors (Lipinski definition) is 1. The van der Waals surface area contributed by atoms with Crippen molar-refractivity contribution in [2.45, 2.75) is 17.4 Å². The maximum absolute atomic E-state index is 11.5. The van der Waals surface area contributed by atoms with Crippen molar-refractivity contribution in [2.75, 3.05) is 39.0 Å². The second-order valence-corrected chi connectivity index (χ2v) is 9.67. The van der Waals surface area contributed by atoms with Gasteiger partial charge >= 0.3 is 0 Å². The van der Waals surface area contributed by atoms with Crippen LogP contribution in [-0.4, -0.2) is 58.4 Å². The van der Waals surface area contributed by atoms with E-state index in [1.807, 2.05) is 12.1 Å². The van der Waals surface area contributed by atoms with Crippen molar-refractivity contribution < 1.29 is 13.2 Å². The second-order valence-electron chi connectivity index (χ2n) is 7.22. The molecule has 0 bridgehead atoms. The Labute approximate surface area is 177 Å². The van der Waals surface area contributed by atoms with Gasteiger partial charge in [-0.15, -0.1) is 0 Å². The highest BCUT2D eigenvalue weighted by Gasteiger charge is 2.20. The van der Waals surface area contributed by atoms with Crippen molar-refractivity contribution in [3.63, 3.8) is 0 Å². The van der Waals surface area contributed by atoms with Crippen LogP contribution in [0, 0.1) is 11.3 Å².